The van der Waals surface area contributed by atoms with E-state index in [9.17, 15) is 0 Å². The standard InChI is InChI=1S/C18H31BO3/c1-4-7-10-15-13-14-18(22-19(20)21)17(12-9-6-3)16(15)11-8-5-2/h13-14,20-21H,4-12H2,1-3H3. The van der Waals surface area contributed by atoms with Crippen molar-refractivity contribution in [1.82, 2.24) is 0 Å². The summed E-state index contributed by atoms with van der Waals surface area (Å²) in [7, 11) is -1.75. The monoisotopic (exact) mass is 306 g/mol. The Balaban J connectivity index is 3.17. The Labute approximate surface area is 135 Å². The van der Waals surface area contributed by atoms with Gasteiger partial charge in [-0.3, -0.25) is 0 Å². The minimum atomic E-state index is -1.75. The van der Waals surface area contributed by atoms with E-state index in [4.69, 9.17) is 14.7 Å². The van der Waals surface area contributed by atoms with Crippen LogP contribution in [0.4, 0.5) is 0 Å². The van der Waals surface area contributed by atoms with Crippen LogP contribution in [-0.4, -0.2) is 17.4 Å². The molecule has 0 amide bonds. The van der Waals surface area contributed by atoms with E-state index in [1.54, 1.807) is 0 Å². The molecule has 0 bridgehead atoms. The van der Waals surface area contributed by atoms with Crippen molar-refractivity contribution in [1.29, 1.82) is 0 Å². The molecule has 3 nitrogen and oxygen atoms in total. The molecule has 0 spiro atoms. The Morgan fingerprint density at radius 3 is 1.91 bits per heavy atom. The van der Waals surface area contributed by atoms with Gasteiger partial charge in [-0.2, -0.15) is 0 Å². The maximum atomic E-state index is 9.17. The van der Waals surface area contributed by atoms with Gasteiger partial charge in [0.15, 0.2) is 0 Å². The smallest absolute Gasteiger partial charge is 0.512 e. The van der Waals surface area contributed by atoms with Crippen LogP contribution in [-0.2, 0) is 19.3 Å². The van der Waals surface area contributed by atoms with Crippen molar-refractivity contribution in [2.75, 3.05) is 0 Å². The lowest BCUT2D eigenvalue weighted by molar-refractivity contribution is 0.286. The Hall–Kier alpha value is -0.995. The van der Waals surface area contributed by atoms with Crippen molar-refractivity contribution in [3.05, 3.63) is 28.8 Å². The first-order valence-electron chi connectivity index (χ1n) is 8.80. The lowest BCUT2D eigenvalue weighted by atomic mass is 9.90. The van der Waals surface area contributed by atoms with Crippen LogP contribution in [0.5, 0.6) is 5.75 Å². The second-order valence-corrected chi connectivity index (χ2v) is 5.93. The molecule has 0 aliphatic rings. The maximum Gasteiger partial charge on any atom is 0.707 e. The topological polar surface area (TPSA) is 49.7 Å². The lowest BCUT2D eigenvalue weighted by Crippen LogP contribution is -2.22. The van der Waals surface area contributed by atoms with E-state index in [-0.39, 0.29) is 0 Å². The first kappa shape index (κ1) is 19.1. The molecular formula is C18H31BO3. The number of aryl methyl sites for hydroxylation is 1. The van der Waals surface area contributed by atoms with Crippen molar-refractivity contribution in [3.63, 3.8) is 0 Å². The number of rotatable bonds is 11. The van der Waals surface area contributed by atoms with Crippen molar-refractivity contribution < 1.29 is 14.7 Å². The summed E-state index contributed by atoms with van der Waals surface area (Å²) in [4.78, 5) is 0. The van der Waals surface area contributed by atoms with Gasteiger partial charge in [0.1, 0.15) is 5.75 Å². The van der Waals surface area contributed by atoms with E-state index in [2.05, 4.69) is 26.8 Å². The molecule has 0 unspecified atom stereocenters. The average molecular weight is 306 g/mol. The number of benzene rings is 1. The molecule has 1 aromatic carbocycles. The highest BCUT2D eigenvalue weighted by molar-refractivity contribution is 6.33. The summed E-state index contributed by atoms with van der Waals surface area (Å²) in [6, 6.07) is 4.01. The number of hydrogen-bond acceptors (Lipinski definition) is 3. The van der Waals surface area contributed by atoms with Crippen molar-refractivity contribution >= 4 is 7.32 Å². The highest BCUT2D eigenvalue weighted by atomic mass is 16.6. The van der Waals surface area contributed by atoms with Crippen LogP contribution in [0.25, 0.3) is 0 Å². The fraction of sp³-hybridized carbons (Fsp3) is 0.667. The van der Waals surface area contributed by atoms with Crippen molar-refractivity contribution in [2.45, 2.75) is 78.6 Å². The normalized spacial score (nSPS) is 10.8. The van der Waals surface area contributed by atoms with Gasteiger partial charge in [-0.25, -0.2) is 0 Å². The van der Waals surface area contributed by atoms with Crippen LogP contribution in [0, 0.1) is 0 Å². The van der Waals surface area contributed by atoms with Crippen LogP contribution >= 0.6 is 0 Å². The van der Waals surface area contributed by atoms with Gasteiger partial charge >= 0.3 is 7.32 Å². The largest absolute Gasteiger partial charge is 0.707 e. The zero-order valence-corrected chi connectivity index (χ0v) is 14.4. The van der Waals surface area contributed by atoms with E-state index < -0.39 is 7.32 Å². The van der Waals surface area contributed by atoms with Crippen LogP contribution in [0.2, 0.25) is 0 Å². The molecule has 0 aliphatic heterocycles. The van der Waals surface area contributed by atoms with E-state index >= 15 is 0 Å². The van der Waals surface area contributed by atoms with Gasteiger partial charge in [-0.05, 0) is 61.3 Å². The van der Waals surface area contributed by atoms with Crippen LogP contribution in [0.15, 0.2) is 12.1 Å². The second kappa shape index (κ2) is 10.7. The van der Waals surface area contributed by atoms with Gasteiger partial charge in [0.2, 0.25) is 0 Å². The lowest BCUT2D eigenvalue weighted by Gasteiger charge is -2.19. The predicted octanol–water partition coefficient (Wildman–Crippen LogP) is 4.06. The molecule has 1 rings (SSSR count). The summed E-state index contributed by atoms with van der Waals surface area (Å²) in [6.45, 7) is 6.59. The maximum absolute atomic E-state index is 9.17. The summed E-state index contributed by atoms with van der Waals surface area (Å²) >= 11 is 0. The molecule has 124 valence electrons. The summed E-state index contributed by atoms with van der Waals surface area (Å²) in [6.07, 6.45) is 9.99. The summed E-state index contributed by atoms with van der Waals surface area (Å²) < 4.78 is 5.23. The molecule has 0 fully saturated rings. The minimum absolute atomic E-state index is 0.634. The zero-order chi connectivity index (χ0) is 16.4. The third-order valence-electron chi connectivity index (χ3n) is 4.08. The molecule has 1 aromatic rings. The third-order valence-corrected chi connectivity index (χ3v) is 4.08. The Bertz CT molecular complexity index is 433. The van der Waals surface area contributed by atoms with Crippen LogP contribution < -0.4 is 4.65 Å². The van der Waals surface area contributed by atoms with E-state index in [0.29, 0.717) is 5.75 Å². The van der Waals surface area contributed by atoms with Gasteiger partial charge in [0.25, 0.3) is 0 Å². The third kappa shape index (κ3) is 6.01. The van der Waals surface area contributed by atoms with Crippen molar-refractivity contribution in [3.8, 4) is 5.75 Å². The molecule has 4 heteroatoms. The molecule has 0 heterocycles. The van der Waals surface area contributed by atoms with Gasteiger partial charge in [0, 0.05) is 0 Å². The van der Waals surface area contributed by atoms with Crippen molar-refractivity contribution in [2.24, 2.45) is 0 Å². The summed E-state index contributed by atoms with van der Waals surface area (Å²) in [5.74, 6) is 0.634. The Morgan fingerprint density at radius 2 is 1.36 bits per heavy atom. The quantitative estimate of drug-likeness (QED) is 0.606. The van der Waals surface area contributed by atoms with Gasteiger partial charge < -0.3 is 14.7 Å². The molecule has 0 atom stereocenters. The zero-order valence-electron chi connectivity index (χ0n) is 14.4. The van der Waals surface area contributed by atoms with Gasteiger partial charge in [-0.1, -0.05) is 46.1 Å². The molecule has 0 saturated heterocycles. The summed E-state index contributed by atoms with van der Waals surface area (Å²) in [5, 5.41) is 18.3. The fourth-order valence-corrected chi connectivity index (χ4v) is 2.84. The van der Waals surface area contributed by atoms with E-state index in [0.717, 1.165) is 44.9 Å². The molecule has 0 aromatic heterocycles. The SMILES string of the molecule is CCCCc1ccc(OB(O)O)c(CCCC)c1CCCC. The molecule has 22 heavy (non-hydrogen) atoms. The number of unbranched alkanes of at least 4 members (excludes halogenated alkanes) is 3. The highest BCUT2D eigenvalue weighted by Gasteiger charge is 2.18. The first-order valence-corrected chi connectivity index (χ1v) is 8.80. The van der Waals surface area contributed by atoms with Crippen LogP contribution in [0.1, 0.15) is 76.0 Å². The summed E-state index contributed by atoms with van der Waals surface area (Å²) in [5.41, 5.74) is 3.96. The first-order chi connectivity index (χ1) is 10.6. The molecule has 0 aliphatic carbocycles. The minimum Gasteiger partial charge on any atom is -0.512 e. The van der Waals surface area contributed by atoms with E-state index in [1.807, 2.05) is 6.07 Å². The highest BCUT2D eigenvalue weighted by Crippen LogP contribution is 2.30. The van der Waals surface area contributed by atoms with Crippen LogP contribution in [0.3, 0.4) is 0 Å². The Kier molecular flexibility index (Phi) is 9.25. The van der Waals surface area contributed by atoms with E-state index in [1.165, 1.54) is 29.5 Å². The predicted molar refractivity (Wildman–Crippen MR) is 93.1 cm³/mol. The average Bonchev–Trinajstić information content (AvgIpc) is 2.50. The number of hydrogen-bond donors (Lipinski definition) is 2. The van der Waals surface area contributed by atoms with Gasteiger partial charge in [-0.15, -0.1) is 0 Å². The molecule has 0 saturated carbocycles. The molecular weight excluding hydrogens is 275 g/mol. The second-order valence-electron chi connectivity index (χ2n) is 5.93. The Morgan fingerprint density at radius 1 is 0.818 bits per heavy atom. The van der Waals surface area contributed by atoms with Gasteiger partial charge in [0.05, 0.1) is 0 Å². The molecule has 0 radical (unpaired) electrons. The molecule has 2 N–H and O–H groups in total. The fourth-order valence-electron chi connectivity index (χ4n) is 2.84.